The van der Waals surface area contributed by atoms with Crippen LogP contribution in [-0.4, -0.2) is 35.4 Å². The van der Waals surface area contributed by atoms with Crippen molar-refractivity contribution in [2.45, 2.75) is 20.0 Å². The second-order valence-corrected chi connectivity index (χ2v) is 3.47. The maximum Gasteiger partial charge on any atom is 0.250 e. The molecule has 0 rings (SSSR count). The Morgan fingerprint density at radius 3 is 2.62 bits per heavy atom. The molecule has 4 heteroatoms. The van der Waals surface area contributed by atoms with Gasteiger partial charge in [-0.3, -0.25) is 4.79 Å². The van der Waals surface area contributed by atoms with E-state index in [0.29, 0.717) is 0 Å². The summed E-state index contributed by atoms with van der Waals surface area (Å²) in [5.74, 6) is 1.66. The van der Waals surface area contributed by atoms with E-state index in [4.69, 9.17) is 11.5 Å². The first kappa shape index (κ1) is 11.9. The summed E-state index contributed by atoms with van der Waals surface area (Å²) in [6.45, 7) is 3.00. The van der Waals surface area contributed by atoms with Crippen LogP contribution in [0.3, 0.4) is 0 Å². The van der Waals surface area contributed by atoms with Gasteiger partial charge in [0.05, 0.1) is 13.2 Å². The molecule has 0 spiro atoms. The summed E-state index contributed by atoms with van der Waals surface area (Å²) >= 11 is 0. The van der Waals surface area contributed by atoms with E-state index >= 15 is 0 Å². The number of carbonyl (C=O) groups excluding carboxylic acids is 1. The Hall–Kier alpha value is -1.05. The van der Waals surface area contributed by atoms with Crippen LogP contribution in [-0.2, 0) is 4.79 Å². The second kappa shape index (κ2) is 4.85. The van der Waals surface area contributed by atoms with Crippen LogP contribution in [0.2, 0.25) is 0 Å². The van der Waals surface area contributed by atoms with Crippen molar-refractivity contribution < 1.29 is 15.0 Å². The molecular formula is C9H15NO3. The number of aliphatic hydroxyl groups excluding tert-OH is 2. The summed E-state index contributed by atoms with van der Waals surface area (Å²) in [4.78, 5) is 11.1. The Balaban J connectivity index is 4.18. The van der Waals surface area contributed by atoms with Gasteiger partial charge >= 0.3 is 0 Å². The molecule has 0 aromatic carbocycles. The van der Waals surface area contributed by atoms with Crippen LogP contribution in [0.4, 0.5) is 0 Å². The third kappa shape index (κ3) is 3.45. The number of nitrogens with one attached hydrogen (secondary N) is 1. The Bertz CT molecular complexity index is 217. The standard InChI is InChI=1S/C9H15NO3/c1-4-5-10-8(13)7(12)9(2,3)6-11/h1,7,11-12H,5-6H2,2-3H3,(H,10,13). The number of hydrogen-bond acceptors (Lipinski definition) is 3. The largest absolute Gasteiger partial charge is 0.396 e. The molecule has 0 radical (unpaired) electrons. The summed E-state index contributed by atoms with van der Waals surface area (Å²) in [7, 11) is 0. The predicted molar refractivity (Wildman–Crippen MR) is 48.7 cm³/mol. The van der Waals surface area contributed by atoms with Gasteiger partial charge < -0.3 is 15.5 Å². The zero-order valence-electron chi connectivity index (χ0n) is 7.87. The van der Waals surface area contributed by atoms with Crippen LogP contribution in [0.1, 0.15) is 13.8 Å². The fourth-order valence-electron chi connectivity index (χ4n) is 0.676. The fraction of sp³-hybridized carbons (Fsp3) is 0.667. The van der Waals surface area contributed by atoms with Crippen LogP contribution < -0.4 is 5.32 Å². The van der Waals surface area contributed by atoms with E-state index in [9.17, 15) is 9.90 Å². The molecule has 0 aromatic rings. The molecule has 0 saturated carbocycles. The van der Waals surface area contributed by atoms with Crippen molar-refractivity contribution in [1.29, 1.82) is 0 Å². The summed E-state index contributed by atoms with van der Waals surface area (Å²) in [5, 5.41) is 20.6. The first-order valence-electron chi connectivity index (χ1n) is 3.96. The van der Waals surface area contributed by atoms with Crippen LogP contribution in [0, 0.1) is 17.8 Å². The Morgan fingerprint density at radius 1 is 1.69 bits per heavy atom. The highest BCUT2D eigenvalue weighted by atomic mass is 16.3. The molecular weight excluding hydrogens is 170 g/mol. The molecule has 1 unspecified atom stereocenters. The van der Waals surface area contributed by atoms with Crippen molar-refractivity contribution in [3.8, 4) is 12.3 Å². The molecule has 4 nitrogen and oxygen atoms in total. The van der Waals surface area contributed by atoms with Gasteiger partial charge in [-0.2, -0.15) is 0 Å². The monoisotopic (exact) mass is 185 g/mol. The Labute approximate surface area is 78.0 Å². The SMILES string of the molecule is C#CCNC(=O)C(O)C(C)(C)CO. The molecule has 74 valence electrons. The molecule has 0 aliphatic carbocycles. The molecule has 1 atom stereocenters. The molecule has 0 aliphatic rings. The number of carbonyl (C=O) groups is 1. The Morgan fingerprint density at radius 2 is 2.23 bits per heavy atom. The topological polar surface area (TPSA) is 69.6 Å². The third-order valence-corrected chi connectivity index (χ3v) is 1.76. The van der Waals surface area contributed by atoms with E-state index < -0.39 is 17.4 Å². The van der Waals surface area contributed by atoms with Crippen LogP contribution >= 0.6 is 0 Å². The van der Waals surface area contributed by atoms with Gasteiger partial charge in [0, 0.05) is 5.41 Å². The zero-order chi connectivity index (χ0) is 10.5. The van der Waals surface area contributed by atoms with E-state index in [1.807, 2.05) is 0 Å². The van der Waals surface area contributed by atoms with Gasteiger partial charge in [-0.15, -0.1) is 6.42 Å². The van der Waals surface area contributed by atoms with E-state index in [2.05, 4.69) is 11.2 Å². The van der Waals surface area contributed by atoms with Crippen molar-refractivity contribution in [3.63, 3.8) is 0 Å². The smallest absolute Gasteiger partial charge is 0.250 e. The highest BCUT2D eigenvalue weighted by Gasteiger charge is 2.32. The molecule has 0 aliphatic heterocycles. The van der Waals surface area contributed by atoms with Crippen molar-refractivity contribution in [3.05, 3.63) is 0 Å². The normalized spacial score (nSPS) is 13.2. The minimum absolute atomic E-state index is 0.0808. The molecule has 0 bridgehead atoms. The van der Waals surface area contributed by atoms with Gasteiger partial charge in [0.1, 0.15) is 6.10 Å². The van der Waals surface area contributed by atoms with Gasteiger partial charge in [0.15, 0.2) is 0 Å². The highest BCUT2D eigenvalue weighted by Crippen LogP contribution is 2.19. The van der Waals surface area contributed by atoms with Crippen LogP contribution in [0.15, 0.2) is 0 Å². The maximum absolute atomic E-state index is 11.1. The molecule has 0 heterocycles. The average molecular weight is 185 g/mol. The summed E-state index contributed by atoms with van der Waals surface area (Å²) < 4.78 is 0. The van der Waals surface area contributed by atoms with Crippen molar-refractivity contribution >= 4 is 5.91 Å². The lowest BCUT2D eigenvalue weighted by atomic mass is 9.87. The van der Waals surface area contributed by atoms with Gasteiger partial charge in [-0.05, 0) is 0 Å². The molecule has 0 fully saturated rings. The van der Waals surface area contributed by atoms with Crippen molar-refractivity contribution in [2.24, 2.45) is 5.41 Å². The maximum atomic E-state index is 11.1. The lowest BCUT2D eigenvalue weighted by molar-refractivity contribution is -0.136. The lowest BCUT2D eigenvalue weighted by Gasteiger charge is -2.26. The zero-order valence-corrected chi connectivity index (χ0v) is 7.87. The predicted octanol–water partition coefficient (Wildman–Crippen LogP) is -0.885. The van der Waals surface area contributed by atoms with E-state index in [-0.39, 0.29) is 13.2 Å². The van der Waals surface area contributed by atoms with Gasteiger partial charge in [0.2, 0.25) is 5.91 Å². The number of hydrogen-bond donors (Lipinski definition) is 3. The molecule has 0 aromatic heterocycles. The van der Waals surface area contributed by atoms with E-state index in [1.165, 1.54) is 0 Å². The van der Waals surface area contributed by atoms with Gasteiger partial charge in [-0.1, -0.05) is 19.8 Å². The van der Waals surface area contributed by atoms with Crippen molar-refractivity contribution in [2.75, 3.05) is 13.2 Å². The van der Waals surface area contributed by atoms with Gasteiger partial charge in [-0.25, -0.2) is 0 Å². The van der Waals surface area contributed by atoms with Gasteiger partial charge in [0.25, 0.3) is 0 Å². The minimum atomic E-state index is -1.24. The van der Waals surface area contributed by atoms with E-state index in [0.717, 1.165) is 0 Å². The van der Waals surface area contributed by atoms with Crippen LogP contribution in [0.5, 0.6) is 0 Å². The number of amides is 1. The van der Waals surface area contributed by atoms with Crippen LogP contribution in [0.25, 0.3) is 0 Å². The summed E-state index contributed by atoms with van der Waals surface area (Å²) in [6, 6.07) is 0. The first-order valence-corrected chi connectivity index (χ1v) is 3.96. The quantitative estimate of drug-likeness (QED) is 0.498. The first-order chi connectivity index (χ1) is 5.95. The molecule has 13 heavy (non-hydrogen) atoms. The molecule has 3 N–H and O–H groups in total. The highest BCUT2D eigenvalue weighted by molar-refractivity contribution is 5.81. The fourth-order valence-corrected chi connectivity index (χ4v) is 0.676. The summed E-state index contributed by atoms with van der Waals surface area (Å²) in [6.07, 6.45) is 3.68. The Kier molecular flexibility index (Phi) is 4.46. The average Bonchev–Trinajstić information content (AvgIpc) is 2.12. The lowest BCUT2D eigenvalue weighted by Crippen LogP contribution is -2.45. The van der Waals surface area contributed by atoms with E-state index in [1.54, 1.807) is 13.8 Å². The third-order valence-electron chi connectivity index (χ3n) is 1.76. The second-order valence-electron chi connectivity index (χ2n) is 3.47. The molecule has 1 amide bonds. The number of terminal acetylenes is 1. The minimum Gasteiger partial charge on any atom is -0.396 e. The summed E-state index contributed by atoms with van der Waals surface area (Å²) in [5.41, 5.74) is -0.849. The number of rotatable bonds is 4. The van der Waals surface area contributed by atoms with Crippen molar-refractivity contribution in [1.82, 2.24) is 5.32 Å². The molecule has 0 saturated heterocycles. The number of aliphatic hydroxyl groups is 2.